The van der Waals surface area contributed by atoms with Gasteiger partial charge in [0.1, 0.15) is 15.6 Å². The minimum absolute atomic E-state index is 0.0271. The zero-order valence-corrected chi connectivity index (χ0v) is 17.7. The highest BCUT2D eigenvalue weighted by molar-refractivity contribution is 8.01. The molecule has 1 aromatic heterocycles. The number of anilines is 1. The van der Waals surface area contributed by atoms with Crippen molar-refractivity contribution in [2.24, 2.45) is 0 Å². The number of nitrogens with zero attached hydrogens (tertiary/aromatic N) is 1. The molecule has 3 aromatic rings. The smallest absolute Gasteiger partial charge is 0.345 e. The van der Waals surface area contributed by atoms with E-state index in [2.05, 4.69) is 10.3 Å². The summed E-state index contributed by atoms with van der Waals surface area (Å²) in [6.45, 7) is 6.66. The maximum absolute atomic E-state index is 12.7. The maximum atomic E-state index is 12.7. The molecule has 0 aliphatic heterocycles. The normalized spacial score (nSPS) is 11.6. The van der Waals surface area contributed by atoms with Crippen LogP contribution >= 0.6 is 11.8 Å². The Morgan fingerprint density at radius 1 is 1.17 bits per heavy atom. The lowest BCUT2D eigenvalue weighted by molar-refractivity contribution is -0.364. The van der Waals surface area contributed by atoms with Crippen molar-refractivity contribution in [3.8, 4) is 0 Å². The molecule has 2 aromatic carbocycles. The van der Waals surface area contributed by atoms with Gasteiger partial charge in [0, 0.05) is 30.5 Å². The minimum Gasteiger partial charge on any atom is -0.480 e. The van der Waals surface area contributed by atoms with Crippen molar-refractivity contribution >= 4 is 34.3 Å². The lowest BCUT2D eigenvalue weighted by Crippen LogP contribution is -2.31. The molecule has 0 amide bonds. The predicted molar refractivity (Wildman–Crippen MR) is 117 cm³/mol. The van der Waals surface area contributed by atoms with E-state index in [0.29, 0.717) is 11.9 Å². The summed E-state index contributed by atoms with van der Waals surface area (Å²) in [7, 11) is 0. The Hall–Kier alpha value is -2.80. The molecule has 3 N–H and O–H groups in total. The van der Waals surface area contributed by atoms with Crippen LogP contribution in [0.5, 0.6) is 0 Å². The zero-order chi connectivity index (χ0) is 21.0. The summed E-state index contributed by atoms with van der Waals surface area (Å²) in [5.41, 5.74) is 1.85. The van der Waals surface area contributed by atoms with Crippen molar-refractivity contribution < 1.29 is 14.9 Å². The van der Waals surface area contributed by atoms with Gasteiger partial charge in [0.25, 0.3) is 5.82 Å². The van der Waals surface area contributed by atoms with Crippen LogP contribution in [0, 0.1) is 6.92 Å². The Labute approximate surface area is 174 Å². The number of aromatic nitrogens is 2. The van der Waals surface area contributed by atoms with Crippen LogP contribution in [0.4, 0.5) is 5.69 Å². The van der Waals surface area contributed by atoms with Crippen molar-refractivity contribution in [3.05, 3.63) is 64.7 Å². The highest BCUT2D eigenvalue weighted by Crippen LogP contribution is 2.33. The summed E-state index contributed by atoms with van der Waals surface area (Å²) < 4.78 is 0.911. The molecule has 0 radical (unpaired) electrons. The van der Waals surface area contributed by atoms with Gasteiger partial charge in [-0.1, -0.05) is 12.1 Å². The molecular formula is C22H26N3O3S+. The van der Waals surface area contributed by atoms with Crippen molar-refractivity contribution in [2.75, 3.05) is 11.9 Å². The molecule has 0 fully saturated rings. The van der Waals surface area contributed by atoms with Crippen LogP contribution in [-0.2, 0) is 11.3 Å². The van der Waals surface area contributed by atoms with E-state index in [1.807, 2.05) is 55.5 Å². The largest absolute Gasteiger partial charge is 0.480 e. The van der Waals surface area contributed by atoms with Crippen LogP contribution < -0.4 is 15.9 Å². The summed E-state index contributed by atoms with van der Waals surface area (Å²) in [5, 5.41) is 13.3. The number of hydrogen-bond acceptors (Lipinski definition) is 4. The van der Waals surface area contributed by atoms with E-state index < -0.39 is 10.7 Å². The van der Waals surface area contributed by atoms with E-state index in [0.717, 1.165) is 34.9 Å². The number of aliphatic carboxylic acids is 1. The van der Waals surface area contributed by atoms with Crippen LogP contribution in [0.1, 0.15) is 26.1 Å². The van der Waals surface area contributed by atoms with Gasteiger partial charge >= 0.3 is 11.5 Å². The topological polar surface area (TPSA) is 85.5 Å². The van der Waals surface area contributed by atoms with Crippen LogP contribution in [0.2, 0.25) is 0 Å². The van der Waals surface area contributed by atoms with Crippen molar-refractivity contribution in [2.45, 2.75) is 43.4 Å². The molecule has 0 aliphatic carbocycles. The summed E-state index contributed by atoms with van der Waals surface area (Å²) in [6.07, 6.45) is 0.801. The first-order chi connectivity index (χ1) is 13.8. The van der Waals surface area contributed by atoms with Crippen LogP contribution in [0.15, 0.2) is 58.2 Å². The Bertz CT molecular complexity index is 1070. The van der Waals surface area contributed by atoms with Gasteiger partial charge in [-0.2, -0.15) is 4.57 Å². The second kappa shape index (κ2) is 8.69. The molecule has 0 aliphatic rings. The number of carboxylic acid groups (broad SMARTS) is 1. The first-order valence-corrected chi connectivity index (χ1v) is 10.4. The van der Waals surface area contributed by atoms with Gasteiger partial charge in [0.05, 0.1) is 6.54 Å². The van der Waals surface area contributed by atoms with Gasteiger partial charge in [0.15, 0.2) is 0 Å². The van der Waals surface area contributed by atoms with Crippen molar-refractivity contribution in [1.82, 2.24) is 4.57 Å². The summed E-state index contributed by atoms with van der Waals surface area (Å²) in [6, 6.07) is 15.3. The van der Waals surface area contributed by atoms with Crippen molar-refractivity contribution in [3.63, 3.8) is 0 Å². The first-order valence-electron chi connectivity index (χ1n) is 9.56. The fourth-order valence-electron chi connectivity index (χ4n) is 3.06. The number of thioether (sulfide) groups is 1. The molecule has 3 rings (SSSR count). The highest BCUT2D eigenvalue weighted by atomic mass is 32.2. The van der Waals surface area contributed by atoms with Crippen LogP contribution in [-0.4, -0.2) is 26.9 Å². The first kappa shape index (κ1) is 20.9. The minimum atomic E-state index is -0.864. The van der Waals surface area contributed by atoms with E-state index >= 15 is 0 Å². The lowest BCUT2D eigenvalue weighted by atomic mass is 10.2. The number of benzene rings is 2. The number of carbonyl (C=O) groups is 1. The summed E-state index contributed by atoms with van der Waals surface area (Å²) in [5.74, 6) is 0.0114. The Morgan fingerprint density at radius 3 is 2.55 bits per heavy atom. The van der Waals surface area contributed by atoms with Gasteiger partial charge < -0.3 is 10.4 Å². The third-order valence-electron chi connectivity index (χ3n) is 4.75. The molecule has 0 bridgehead atoms. The van der Waals surface area contributed by atoms with E-state index in [4.69, 9.17) is 0 Å². The van der Waals surface area contributed by atoms with Crippen LogP contribution in [0.25, 0.3) is 10.9 Å². The van der Waals surface area contributed by atoms with Gasteiger partial charge in [0.2, 0.25) is 0 Å². The number of rotatable bonds is 8. The zero-order valence-electron chi connectivity index (χ0n) is 16.9. The number of para-hydroxylation sites is 1. The molecule has 1 heterocycles. The number of hydrogen-bond donors (Lipinski definition) is 2. The SMILES string of the molecule is Cc1[nH+]c2ccccc2c(=O)n1CCCNc1ccc(SC(C)(C)C(=O)O)cc1. The average molecular weight is 413 g/mol. The number of carboxylic acids is 1. The second-order valence-corrected chi connectivity index (χ2v) is 9.13. The van der Waals surface area contributed by atoms with E-state index in [1.165, 1.54) is 11.8 Å². The maximum Gasteiger partial charge on any atom is 0.345 e. The molecule has 0 atom stereocenters. The molecule has 0 saturated heterocycles. The van der Waals surface area contributed by atoms with Gasteiger partial charge in [-0.05, 0) is 50.2 Å². The number of fused-ring (bicyclic) bond motifs is 1. The quantitative estimate of drug-likeness (QED) is 0.436. The molecular weight excluding hydrogens is 386 g/mol. The van der Waals surface area contributed by atoms with E-state index in [-0.39, 0.29) is 5.56 Å². The van der Waals surface area contributed by atoms with Gasteiger partial charge in [-0.15, -0.1) is 11.8 Å². The Balaban J connectivity index is 1.57. The molecule has 0 saturated carbocycles. The third-order valence-corrected chi connectivity index (χ3v) is 5.95. The lowest BCUT2D eigenvalue weighted by Gasteiger charge is -2.18. The number of H-pyrrole nitrogens is 1. The Kier molecular flexibility index (Phi) is 6.27. The average Bonchev–Trinajstić information content (AvgIpc) is 2.68. The van der Waals surface area contributed by atoms with Gasteiger partial charge in [-0.25, -0.2) is 9.78 Å². The fourth-order valence-corrected chi connectivity index (χ4v) is 4.01. The second-order valence-electron chi connectivity index (χ2n) is 7.44. The number of nitrogens with one attached hydrogen (secondary N) is 2. The predicted octanol–water partition coefficient (Wildman–Crippen LogP) is 3.58. The molecule has 6 nitrogen and oxygen atoms in total. The monoisotopic (exact) mass is 412 g/mol. The number of aromatic amines is 1. The Morgan fingerprint density at radius 2 is 1.86 bits per heavy atom. The molecule has 29 heavy (non-hydrogen) atoms. The van der Waals surface area contributed by atoms with Crippen LogP contribution in [0.3, 0.4) is 0 Å². The molecule has 7 heteroatoms. The molecule has 0 unspecified atom stereocenters. The standard InChI is InChI=1S/C22H25N3O3S/c1-15-24-19-8-5-4-7-18(19)20(26)25(15)14-6-13-23-16-9-11-17(12-10-16)29-22(2,3)21(27)28/h4-5,7-12,23H,6,13-14H2,1-3H3,(H,27,28)/p+1. The van der Waals surface area contributed by atoms with Crippen molar-refractivity contribution in [1.29, 1.82) is 0 Å². The molecule has 0 spiro atoms. The third kappa shape index (κ3) is 4.98. The van der Waals surface area contributed by atoms with E-state index in [9.17, 15) is 14.7 Å². The summed E-state index contributed by atoms with van der Waals surface area (Å²) >= 11 is 1.32. The fraction of sp³-hybridized carbons (Fsp3) is 0.318. The number of aryl methyl sites for hydroxylation is 1. The van der Waals surface area contributed by atoms with Gasteiger partial charge in [-0.3, -0.25) is 4.79 Å². The summed E-state index contributed by atoms with van der Waals surface area (Å²) in [4.78, 5) is 28.1. The highest BCUT2D eigenvalue weighted by Gasteiger charge is 2.28. The molecule has 152 valence electrons. The van der Waals surface area contributed by atoms with E-state index in [1.54, 1.807) is 18.4 Å².